The molecule has 0 saturated carbocycles. The molecule has 1 fully saturated rings. The molecule has 0 radical (unpaired) electrons. The average molecular weight is 242 g/mol. The molecule has 1 aliphatic rings. The van der Waals surface area contributed by atoms with Gasteiger partial charge in [0.15, 0.2) is 0 Å². The van der Waals surface area contributed by atoms with Crippen molar-refractivity contribution in [3.05, 3.63) is 23.8 Å². The highest BCUT2D eigenvalue weighted by Crippen LogP contribution is 2.30. The van der Waals surface area contributed by atoms with Crippen LogP contribution in [0.2, 0.25) is 0 Å². The Hall–Kier alpha value is -1.36. The molecule has 0 spiro atoms. The SMILES string of the molecule is Nc1ccc(NC2CCOCC2)c(C(F)F)c1. The Kier molecular flexibility index (Phi) is 3.78. The third-order valence-corrected chi connectivity index (χ3v) is 2.89. The van der Waals surface area contributed by atoms with Crippen LogP contribution in [0.5, 0.6) is 0 Å². The lowest BCUT2D eigenvalue weighted by molar-refractivity contribution is 0.0903. The first-order valence-electron chi connectivity index (χ1n) is 5.68. The van der Waals surface area contributed by atoms with Crippen LogP contribution in [0.3, 0.4) is 0 Å². The molecule has 1 aliphatic heterocycles. The molecule has 0 atom stereocenters. The molecule has 17 heavy (non-hydrogen) atoms. The Bertz CT molecular complexity index is 379. The van der Waals surface area contributed by atoms with Crippen LogP contribution >= 0.6 is 0 Å². The van der Waals surface area contributed by atoms with Crippen LogP contribution in [-0.2, 0) is 4.74 Å². The molecule has 5 heteroatoms. The van der Waals surface area contributed by atoms with E-state index in [1.165, 1.54) is 6.07 Å². The number of nitrogen functional groups attached to an aromatic ring is 1. The lowest BCUT2D eigenvalue weighted by Gasteiger charge is -2.25. The van der Waals surface area contributed by atoms with Crippen LogP contribution in [0.1, 0.15) is 24.8 Å². The van der Waals surface area contributed by atoms with Crippen LogP contribution in [0, 0.1) is 0 Å². The Morgan fingerprint density at radius 2 is 2.00 bits per heavy atom. The zero-order chi connectivity index (χ0) is 12.3. The lowest BCUT2D eigenvalue weighted by atomic mass is 10.1. The molecular weight excluding hydrogens is 226 g/mol. The molecule has 1 aromatic rings. The van der Waals surface area contributed by atoms with Gasteiger partial charge in [-0.15, -0.1) is 0 Å². The number of halogens is 2. The van der Waals surface area contributed by atoms with Crippen molar-refractivity contribution in [2.45, 2.75) is 25.3 Å². The van der Waals surface area contributed by atoms with Crippen molar-refractivity contribution in [3.8, 4) is 0 Å². The van der Waals surface area contributed by atoms with E-state index in [9.17, 15) is 8.78 Å². The van der Waals surface area contributed by atoms with Gasteiger partial charge < -0.3 is 15.8 Å². The lowest BCUT2D eigenvalue weighted by Crippen LogP contribution is -2.28. The number of benzene rings is 1. The summed E-state index contributed by atoms with van der Waals surface area (Å²) in [6.45, 7) is 1.35. The summed E-state index contributed by atoms with van der Waals surface area (Å²) < 4.78 is 30.9. The van der Waals surface area contributed by atoms with Gasteiger partial charge in [0.1, 0.15) is 0 Å². The van der Waals surface area contributed by atoms with E-state index in [1.54, 1.807) is 12.1 Å². The molecule has 0 bridgehead atoms. The van der Waals surface area contributed by atoms with Gasteiger partial charge in [0, 0.05) is 36.2 Å². The van der Waals surface area contributed by atoms with E-state index in [4.69, 9.17) is 10.5 Å². The Morgan fingerprint density at radius 1 is 1.29 bits per heavy atom. The maximum absolute atomic E-state index is 12.8. The Labute approximate surface area is 98.9 Å². The number of nitrogens with two attached hydrogens (primary N) is 1. The Morgan fingerprint density at radius 3 is 2.65 bits per heavy atom. The monoisotopic (exact) mass is 242 g/mol. The molecule has 1 heterocycles. The van der Waals surface area contributed by atoms with Crippen LogP contribution in [0.25, 0.3) is 0 Å². The van der Waals surface area contributed by atoms with Crippen LogP contribution in [-0.4, -0.2) is 19.3 Å². The fourth-order valence-corrected chi connectivity index (χ4v) is 1.96. The van der Waals surface area contributed by atoms with Gasteiger partial charge >= 0.3 is 0 Å². The van der Waals surface area contributed by atoms with Crippen molar-refractivity contribution >= 4 is 11.4 Å². The minimum Gasteiger partial charge on any atom is -0.399 e. The first-order valence-corrected chi connectivity index (χ1v) is 5.68. The van der Waals surface area contributed by atoms with Crippen molar-refractivity contribution in [2.75, 3.05) is 24.3 Å². The van der Waals surface area contributed by atoms with Gasteiger partial charge in [-0.05, 0) is 31.0 Å². The van der Waals surface area contributed by atoms with Crippen molar-refractivity contribution in [1.29, 1.82) is 0 Å². The molecule has 94 valence electrons. The number of nitrogens with one attached hydrogen (secondary N) is 1. The highest BCUT2D eigenvalue weighted by Gasteiger charge is 2.18. The molecule has 1 saturated heterocycles. The number of rotatable bonds is 3. The summed E-state index contributed by atoms with van der Waals surface area (Å²) in [6.07, 6.45) is -0.832. The van der Waals surface area contributed by atoms with Crippen LogP contribution < -0.4 is 11.1 Å². The molecule has 0 unspecified atom stereocenters. The van der Waals surface area contributed by atoms with Gasteiger partial charge in [0.05, 0.1) is 0 Å². The van der Waals surface area contributed by atoms with Gasteiger partial charge in [-0.1, -0.05) is 0 Å². The smallest absolute Gasteiger partial charge is 0.265 e. The summed E-state index contributed by atoms with van der Waals surface area (Å²) in [5.74, 6) is 0. The van der Waals surface area contributed by atoms with Crippen molar-refractivity contribution in [3.63, 3.8) is 0 Å². The second-order valence-corrected chi connectivity index (χ2v) is 4.18. The van der Waals surface area contributed by atoms with E-state index in [2.05, 4.69) is 5.32 Å². The van der Waals surface area contributed by atoms with Gasteiger partial charge in [0.25, 0.3) is 6.43 Å². The summed E-state index contributed by atoms with van der Waals surface area (Å²) >= 11 is 0. The predicted octanol–water partition coefficient (Wildman–Crippen LogP) is 2.80. The molecule has 2 rings (SSSR count). The number of ether oxygens (including phenoxy) is 1. The zero-order valence-electron chi connectivity index (χ0n) is 9.46. The minimum absolute atomic E-state index is 0.0310. The Balaban J connectivity index is 2.13. The van der Waals surface area contributed by atoms with Crippen molar-refractivity contribution in [1.82, 2.24) is 0 Å². The quantitative estimate of drug-likeness (QED) is 0.801. The number of alkyl halides is 2. The maximum Gasteiger partial charge on any atom is 0.265 e. The second-order valence-electron chi connectivity index (χ2n) is 4.18. The predicted molar refractivity (Wildman–Crippen MR) is 63.3 cm³/mol. The van der Waals surface area contributed by atoms with E-state index in [0.29, 0.717) is 24.6 Å². The van der Waals surface area contributed by atoms with Crippen molar-refractivity contribution < 1.29 is 13.5 Å². The van der Waals surface area contributed by atoms with Gasteiger partial charge in [0.2, 0.25) is 0 Å². The zero-order valence-corrected chi connectivity index (χ0v) is 9.46. The third-order valence-electron chi connectivity index (χ3n) is 2.89. The van der Waals surface area contributed by atoms with E-state index >= 15 is 0 Å². The number of hydrogen-bond acceptors (Lipinski definition) is 3. The highest BCUT2D eigenvalue weighted by atomic mass is 19.3. The minimum atomic E-state index is -2.51. The molecule has 1 aromatic carbocycles. The van der Waals surface area contributed by atoms with E-state index in [-0.39, 0.29) is 11.6 Å². The van der Waals surface area contributed by atoms with Gasteiger partial charge in [-0.3, -0.25) is 0 Å². The van der Waals surface area contributed by atoms with Gasteiger partial charge in [-0.2, -0.15) is 0 Å². The fourth-order valence-electron chi connectivity index (χ4n) is 1.96. The second kappa shape index (κ2) is 5.31. The molecular formula is C12H16F2N2O. The standard InChI is InChI=1S/C12H16F2N2O/c13-12(14)10-7-8(15)1-2-11(10)16-9-3-5-17-6-4-9/h1-2,7,9,12,16H,3-6,15H2. The number of anilines is 2. The summed E-state index contributed by atoms with van der Waals surface area (Å²) in [5, 5.41) is 3.14. The molecule has 3 N–H and O–H groups in total. The van der Waals surface area contributed by atoms with Crippen LogP contribution in [0.15, 0.2) is 18.2 Å². The maximum atomic E-state index is 12.8. The topological polar surface area (TPSA) is 47.3 Å². The normalized spacial score (nSPS) is 17.4. The first-order chi connectivity index (χ1) is 8.16. The average Bonchev–Trinajstić information content (AvgIpc) is 2.32. The first kappa shape index (κ1) is 12.1. The van der Waals surface area contributed by atoms with Crippen molar-refractivity contribution in [2.24, 2.45) is 0 Å². The molecule has 0 aliphatic carbocycles. The summed E-state index contributed by atoms with van der Waals surface area (Å²) in [7, 11) is 0. The fraction of sp³-hybridized carbons (Fsp3) is 0.500. The molecule has 3 nitrogen and oxygen atoms in total. The molecule has 0 amide bonds. The van der Waals surface area contributed by atoms with E-state index in [0.717, 1.165) is 12.8 Å². The van der Waals surface area contributed by atoms with E-state index < -0.39 is 6.43 Å². The largest absolute Gasteiger partial charge is 0.399 e. The number of hydrogen-bond donors (Lipinski definition) is 2. The summed E-state index contributed by atoms with van der Waals surface area (Å²) in [5.41, 5.74) is 6.32. The highest BCUT2D eigenvalue weighted by molar-refractivity contribution is 5.59. The summed E-state index contributed by atoms with van der Waals surface area (Å²) in [4.78, 5) is 0. The van der Waals surface area contributed by atoms with E-state index in [1.807, 2.05) is 0 Å². The molecule has 0 aromatic heterocycles. The van der Waals surface area contributed by atoms with Gasteiger partial charge in [-0.25, -0.2) is 8.78 Å². The summed E-state index contributed by atoms with van der Waals surface area (Å²) in [6, 6.07) is 4.77. The van der Waals surface area contributed by atoms with Crippen LogP contribution in [0.4, 0.5) is 20.2 Å². The third kappa shape index (κ3) is 3.06.